The quantitative estimate of drug-likeness (QED) is 0.144. The first-order valence-electron chi connectivity index (χ1n) is 12.0. The van der Waals surface area contributed by atoms with Gasteiger partial charge in [0.1, 0.15) is 34.1 Å². The standard InChI is InChI=1S/C27F24/c28-10-1(4-13(31)19(37)7(25(43,44)45)20(38)14(4)32)11(29)3(6-17(35)23(41)9(27(49,50)51)24(42)18(6)36)12(30)2(10)5-15(33)21(39)8(26(46,47)48)22(40)16(5)34. The predicted octanol–water partition coefficient (Wildman–Crippen LogP) is 11.8. The third-order valence-electron chi connectivity index (χ3n) is 6.71. The van der Waals surface area contributed by atoms with Gasteiger partial charge in [0.25, 0.3) is 0 Å². The minimum Gasteiger partial charge on any atom is -0.205 e. The molecule has 24 heteroatoms. The van der Waals surface area contributed by atoms with E-state index >= 15 is 13.2 Å². The molecule has 0 atom stereocenters. The van der Waals surface area contributed by atoms with Crippen molar-refractivity contribution in [2.45, 2.75) is 18.5 Å². The monoisotopic (exact) mass is 780 g/mol. The van der Waals surface area contributed by atoms with Gasteiger partial charge in [0.05, 0.1) is 33.4 Å². The number of benzene rings is 4. The highest BCUT2D eigenvalue weighted by Crippen LogP contribution is 2.50. The van der Waals surface area contributed by atoms with Crippen LogP contribution >= 0.6 is 0 Å². The molecule has 0 saturated carbocycles. The first kappa shape index (κ1) is 39.0. The number of hydrogen-bond donors (Lipinski definition) is 0. The van der Waals surface area contributed by atoms with E-state index in [9.17, 15) is 92.2 Å². The predicted molar refractivity (Wildman–Crippen MR) is 117 cm³/mol. The Hall–Kier alpha value is -4.80. The van der Waals surface area contributed by atoms with Gasteiger partial charge in [-0.3, -0.25) is 0 Å². The van der Waals surface area contributed by atoms with E-state index in [-0.39, 0.29) is 0 Å². The number of rotatable bonds is 3. The van der Waals surface area contributed by atoms with Crippen LogP contribution in [0.15, 0.2) is 0 Å². The molecular formula is C27F24. The molecule has 0 spiro atoms. The molecule has 4 aromatic carbocycles. The lowest BCUT2D eigenvalue weighted by atomic mass is 9.88. The van der Waals surface area contributed by atoms with Gasteiger partial charge in [0, 0.05) is 0 Å². The van der Waals surface area contributed by atoms with Gasteiger partial charge in [-0.05, 0) is 0 Å². The van der Waals surface area contributed by atoms with Crippen LogP contribution < -0.4 is 0 Å². The summed E-state index contributed by atoms with van der Waals surface area (Å²) in [5.41, 5.74) is -30.6. The average Bonchev–Trinajstić information content (AvgIpc) is 2.97. The van der Waals surface area contributed by atoms with Gasteiger partial charge >= 0.3 is 18.5 Å². The van der Waals surface area contributed by atoms with Crippen molar-refractivity contribution < 1.29 is 105 Å². The highest BCUT2D eigenvalue weighted by molar-refractivity contribution is 5.85. The fourth-order valence-electron chi connectivity index (χ4n) is 4.62. The molecule has 0 aliphatic rings. The fourth-order valence-corrected chi connectivity index (χ4v) is 4.62. The minimum atomic E-state index is -6.45. The maximum atomic E-state index is 15.8. The Kier molecular flexibility index (Phi) is 9.30. The van der Waals surface area contributed by atoms with Crippen molar-refractivity contribution in [2.75, 3.05) is 0 Å². The second-order valence-corrected chi connectivity index (χ2v) is 9.58. The molecule has 0 unspecified atom stereocenters. The van der Waals surface area contributed by atoms with Crippen LogP contribution in [0.2, 0.25) is 0 Å². The average molecular weight is 780 g/mol. The van der Waals surface area contributed by atoms with E-state index in [0.717, 1.165) is 0 Å². The van der Waals surface area contributed by atoms with Gasteiger partial charge in [-0.2, -0.15) is 39.5 Å². The molecular weight excluding hydrogens is 780 g/mol. The Morgan fingerprint density at radius 3 is 0.412 bits per heavy atom. The summed E-state index contributed by atoms with van der Waals surface area (Å²) >= 11 is 0. The van der Waals surface area contributed by atoms with E-state index in [1.54, 1.807) is 0 Å². The summed E-state index contributed by atoms with van der Waals surface area (Å²) in [5, 5.41) is 0. The van der Waals surface area contributed by atoms with Gasteiger partial charge in [-0.25, -0.2) is 65.9 Å². The van der Waals surface area contributed by atoms with Crippen molar-refractivity contribution >= 4 is 0 Å². The number of halogens is 24. The number of hydrogen-bond acceptors (Lipinski definition) is 0. The topological polar surface area (TPSA) is 0 Å². The van der Waals surface area contributed by atoms with Gasteiger partial charge < -0.3 is 0 Å². The van der Waals surface area contributed by atoms with Crippen LogP contribution in [0.1, 0.15) is 16.7 Å². The normalized spacial score (nSPS) is 12.7. The van der Waals surface area contributed by atoms with Crippen LogP contribution in [-0.2, 0) is 18.5 Å². The summed E-state index contributed by atoms with van der Waals surface area (Å²) in [4.78, 5) is 0. The van der Waals surface area contributed by atoms with Crippen molar-refractivity contribution in [1.82, 2.24) is 0 Å². The maximum Gasteiger partial charge on any atom is 0.422 e. The van der Waals surface area contributed by atoms with Crippen LogP contribution in [-0.4, -0.2) is 0 Å². The molecule has 0 aromatic heterocycles. The van der Waals surface area contributed by atoms with Crippen molar-refractivity contribution in [3.63, 3.8) is 0 Å². The molecule has 51 heavy (non-hydrogen) atoms. The highest BCUT2D eigenvalue weighted by atomic mass is 19.4. The van der Waals surface area contributed by atoms with E-state index in [2.05, 4.69) is 0 Å². The van der Waals surface area contributed by atoms with Gasteiger partial charge in [-0.15, -0.1) is 0 Å². The highest BCUT2D eigenvalue weighted by Gasteiger charge is 2.48. The van der Waals surface area contributed by atoms with E-state index in [0.29, 0.717) is 0 Å². The third kappa shape index (κ3) is 5.74. The Balaban J connectivity index is 2.42. The molecule has 0 heterocycles. The molecule has 4 aromatic rings. The van der Waals surface area contributed by atoms with Crippen LogP contribution in [0, 0.1) is 87.3 Å². The zero-order valence-corrected chi connectivity index (χ0v) is 22.6. The van der Waals surface area contributed by atoms with Crippen molar-refractivity contribution in [2.24, 2.45) is 0 Å². The van der Waals surface area contributed by atoms with E-state index in [1.165, 1.54) is 0 Å². The third-order valence-corrected chi connectivity index (χ3v) is 6.71. The van der Waals surface area contributed by atoms with E-state index in [1.807, 2.05) is 0 Å². The molecule has 0 radical (unpaired) electrons. The van der Waals surface area contributed by atoms with Crippen LogP contribution in [0.5, 0.6) is 0 Å². The molecule has 0 fully saturated rings. The van der Waals surface area contributed by atoms with Crippen molar-refractivity contribution in [1.29, 1.82) is 0 Å². The summed E-state index contributed by atoms with van der Waals surface area (Å²) in [6, 6.07) is 0. The molecule has 0 amide bonds. The summed E-state index contributed by atoms with van der Waals surface area (Å²) in [7, 11) is 0. The first-order chi connectivity index (χ1) is 23.0. The lowest BCUT2D eigenvalue weighted by molar-refractivity contribution is -0.144. The SMILES string of the molecule is Fc1c(F)c(C(F)(F)F)c(F)c(F)c1-c1c(F)c(-c2c(F)c(F)c(C(F)(F)F)c(F)c2F)c(F)c(-c2c(F)c(F)c(C(F)(F)F)c(F)c2F)c1F. The lowest BCUT2D eigenvalue weighted by Gasteiger charge is -2.21. The summed E-state index contributed by atoms with van der Waals surface area (Å²) in [6.45, 7) is 0. The summed E-state index contributed by atoms with van der Waals surface area (Å²) in [6.07, 6.45) is -19.4. The molecule has 0 bridgehead atoms. The van der Waals surface area contributed by atoms with Gasteiger partial charge in [0.15, 0.2) is 69.8 Å². The fraction of sp³-hybridized carbons (Fsp3) is 0.111. The molecule has 0 N–H and O–H groups in total. The molecule has 0 aliphatic heterocycles. The molecule has 0 nitrogen and oxygen atoms in total. The Morgan fingerprint density at radius 2 is 0.294 bits per heavy atom. The second-order valence-electron chi connectivity index (χ2n) is 9.58. The first-order valence-corrected chi connectivity index (χ1v) is 12.0. The van der Waals surface area contributed by atoms with Crippen LogP contribution in [0.25, 0.3) is 33.4 Å². The molecule has 276 valence electrons. The van der Waals surface area contributed by atoms with Crippen LogP contribution in [0.4, 0.5) is 105 Å². The summed E-state index contributed by atoms with van der Waals surface area (Å²) in [5.74, 6) is -55.0. The number of alkyl halides is 9. The van der Waals surface area contributed by atoms with E-state index in [4.69, 9.17) is 0 Å². The smallest absolute Gasteiger partial charge is 0.205 e. The summed E-state index contributed by atoms with van der Waals surface area (Å²) < 4.78 is 341. The largest absolute Gasteiger partial charge is 0.422 e. The van der Waals surface area contributed by atoms with Gasteiger partial charge in [-0.1, -0.05) is 0 Å². The van der Waals surface area contributed by atoms with Crippen molar-refractivity contribution in [3.8, 4) is 33.4 Å². The Labute approximate surface area is 262 Å². The van der Waals surface area contributed by atoms with Gasteiger partial charge in [0.2, 0.25) is 0 Å². The zero-order chi connectivity index (χ0) is 39.4. The molecule has 0 saturated heterocycles. The van der Waals surface area contributed by atoms with Crippen LogP contribution in [0.3, 0.4) is 0 Å². The molecule has 4 rings (SSSR count). The lowest BCUT2D eigenvalue weighted by Crippen LogP contribution is -2.19. The Bertz CT molecular complexity index is 1800. The maximum absolute atomic E-state index is 15.8. The molecule has 0 aliphatic carbocycles. The minimum absolute atomic E-state index is 3.29. The van der Waals surface area contributed by atoms with Crippen molar-refractivity contribution in [3.05, 3.63) is 104 Å². The Morgan fingerprint density at radius 1 is 0.176 bits per heavy atom. The zero-order valence-electron chi connectivity index (χ0n) is 22.6. The second kappa shape index (κ2) is 12.2. The van der Waals surface area contributed by atoms with E-state index < -0.39 is 156 Å².